The molecule has 0 N–H and O–H groups in total. The zero-order chi connectivity index (χ0) is 13.8. The molecule has 3 aromatic carbocycles. The number of rotatable bonds is 3. The third-order valence-electron chi connectivity index (χ3n) is 3.30. The molecule has 0 spiro atoms. The van der Waals surface area contributed by atoms with E-state index in [4.69, 9.17) is 3.79 Å². The zero-order valence-electron chi connectivity index (χ0n) is 11.0. The average molecular weight is 272 g/mol. The highest BCUT2D eigenvalue weighted by Gasteiger charge is 2.10. The minimum absolute atomic E-state index is 0.884. The van der Waals surface area contributed by atoms with Gasteiger partial charge >= 0.3 is 16.6 Å². The Balaban J connectivity index is 2.19. The molecule has 1 nitrogen and oxygen atoms in total. The third kappa shape index (κ3) is 2.49. The highest BCUT2D eigenvalue weighted by atomic mass is 27.1. The van der Waals surface area contributed by atoms with Crippen LogP contribution in [0.5, 0.6) is 5.75 Å². The number of para-hydroxylation sites is 1. The molecule has 94 valence electrons. The molecule has 0 saturated carbocycles. The molecule has 2 radical (unpaired) electrons. The lowest BCUT2D eigenvalue weighted by atomic mass is 9.97. The lowest BCUT2D eigenvalue weighted by Gasteiger charge is -2.16. The van der Waals surface area contributed by atoms with E-state index >= 15 is 0 Å². The van der Waals surface area contributed by atoms with Gasteiger partial charge in [-0.3, -0.25) is 0 Å². The van der Waals surface area contributed by atoms with Crippen LogP contribution in [0.4, 0.5) is 0 Å². The predicted octanol–water partition coefficient (Wildman–Crippen LogP) is 4.48. The molecule has 0 aliphatic heterocycles. The van der Waals surface area contributed by atoms with Gasteiger partial charge in [-0.25, -0.2) is 0 Å². The summed E-state index contributed by atoms with van der Waals surface area (Å²) in [5.41, 5.74) is 4.51. The summed E-state index contributed by atoms with van der Waals surface area (Å²) >= 11 is 2.36. The van der Waals surface area contributed by atoms with Gasteiger partial charge in [0.2, 0.25) is 0 Å². The Hall–Kier alpha value is -2.01. The summed E-state index contributed by atoms with van der Waals surface area (Å²) in [4.78, 5) is 0. The van der Waals surface area contributed by atoms with E-state index in [1.165, 1.54) is 0 Å². The largest absolute Gasteiger partial charge is 0.653 e. The molecule has 3 aromatic rings. The first-order valence-corrected chi connectivity index (χ1v) is 6.98. The van der Waals surface area contributed by atoms with E-state index in [1.54, 1.807) is 0 Å². The minimum atomic E-state index is 0.884. The molecular weight excluding hydrogens is 259 g/mol. The summed E-state index contributed by atoms with van der Waals surface area (Å²) in [6, 6.07) is 26.8. The Kier molecular flexibility index (Phi) is 3.88. The summed E-state index contributed by atoms with van der Waals surface area (Å²) in [5, 5.41) is 0. The maximum atomic E-state index is 5.60. The van der Waals surface area contributed by atoms with Crippen molar-refractivity contribution in [2.75, 3.05) is 0 Å². The molecular formula is C18H13AlO. The Bertz CT molecular complexity index is 635. The van der Waals surface area contributed by atoms with Crippen molar-refractivity contribution < 1.29 is 3.79 Å². The van der Waals surface area contributed by atoms with Crippen LogP contribution in [0.3, 0.4) is 0 Å². The zero-order valence-corrected chi connectivity index (χ0v) is 12.1. The van der Waals surface area contributed by atoms with E-state index < -0.39 is 0 Å². The fourth-order valence-electron chi connectivity index (χ4n) is 2.35. The lowest BCUT2D eigenvalue weighted by molar-refractivity contribution is 0.621. The maximum absolute atomic E-state index is 5.60. The van der Waals surface area contributed by atoms with Crippen molar-refractivity contribution in [2.45, 2.75) is 0 Å². The summed E-state index contributed by atoms with van der Waals surface area (Å²) in [7, 11) is 0. The van der Waals surface area contributed by atoms with Gasteiger partial charge in [-0.2, -0.15) is 0 Å². The molecule has 0 fully saturated rings. The second-order valence-electron chi connectivity index (χ2n) is 4.53. The highest BCUT2D eigenvalue weighted by molar-refractivity contribution is 6.02. The van der Waals surface area contributed by atoms with Crippen LogP contribution in [0.25, 0.3) is 22.3 Å². The van der Waals surface area contributed by atoms with E-state index in [0.29, 0.717) is 0 Å². The molecule has 2 heteroatoms. The van der Waals surface area contributed by atoms with Crippen LogP contribution in [0.2, 0.25) is 0 Å². The Labute approximate surface area is 127 Å². The van der Waals surface area contributed by atoms with Crippen LogP contribution in [0, 0.1) is 0 Å². The van der Waals surface area contributed by atoms with Crippen LogP contribution in [0.15, 0.2) is 78.9 Å². The summed E-state index contributed by atoms with van der Waals surface area (Å²) < 4.78 is 5.60. The predicted molar refractivity (Wildman–Crippen MR) is 83.7 cm³/mol. The smallest absolute Gasteiger partial charge is 0.482 e. The van der Waals surface area contributed by atoms with Gasteiger partial charge < -0.3 is 3.79 Å². The van der Waals surface area contributed by atoms with Crippen LogP contribution < -0.4 is 3.79 Å². The van der Waals surface area contributed by atoms with Crippen LogP contribution >= 0.6 is 0 Å². The second kappa shape index (κ2) is 5.96. The van der Waals surface area contributed by atoms with E-state index in [0.717, 1.165) is 28.0 Å². The van der Waals surface area contributed by atoms with Gasteiger partial charge in [-0.1, -0.05) is 78.9 Å². The van der Waals surface area contributed by atoms with E-state index in [-0.39, 0.29) is 0 Å². The first-order chi connectivity index (χ1) is 9.90. The normalized spacial score (nSPS) is 10.2. The fraction of sp³-hybridized carbons (Fsp3) is 0. The fourth-order valence-corrected chi connectivity index (χ4v) is 2.61. The van der Waals surface area contributed by atoms with Crippen molar-refractivity contribution in [1.29, 1.82) is 0 Å². The van der Waals surface area contributed by atoms with Gasteiger partial charge in [-0.05, 0) is 11.1 Å². The highest BCUT2D eigenvalue weighted by Crippen LogP contribution is 2.38. The van der Waals surface area contributed by atoms with Gasteiger partial charge in [0.15, 0.2) is 0 Å². The summed E-state index contributed by atoms with van der Waals surface area (Å²) in [6.07, 6.45) is 0. The molecule has 0 aliphatic carbocycles. The third-order valence-corrected chi connectivity index (χ3v) is 3.54. The number of hydrogen-bond acceptors (Lipinski definition) is 1. The van der Waals surface area contributed by atoms with Crippen molar-refractivity contribution in [3.8, 4) is 28.0 Å². The Morgan fingerprint density at radius 2 is 1.00 bits per heavy atom. The van der Waals surface area contributed by atoms with Crippen molar-refractivity contribution in [2.24, 2.45) is 0 Å². The molecule has 0 bridgehead atoms. The van der Waals surface area contributed by atoms with Crippen molar-refractivity contribution >= 4 is 16.6 Å². The average Bonchev–Trinajstić information content (AvgIpc) is 2.55. The van der Waals surface area contributed by atoms with Crippen molar-refractivity contribution in [3.63, 3.8) is 0 Å². The van der Waals surface area contributed by atoms with Gasteiger partial charge in [0.1, 0.15) is 0 Å². The van der Waals surface area contributed by atoms with E-state index in [2.05, 4.69) is 59.1 Å². The topological polar surface area (TPSA) is 9.23 Å². The molecule has 0 aromatic heterocycles. The van der Waals surface area contributed by atoms with Crippen molar-refractivity contribution in [3.05, 3.63) is 78.9 Å². The Morgan fingerprint density at radius 3 is 1.40 bits per heavy atom. The first-order valence-electron chi connectivity index (χ1n) is 6.51. The van der Waals surface area contributed by atoms with Gasteiger partial charge in [-0.15, -0.1) is 0 Å². The number of benzene rings is 3. The van der Waals surface area contributed by atoms with E-state index in [9.17, 15) is 0 Å². The van der Waals surface area contributed by atoms with Gasteiger partial charge in [0.25, 0.3) is 0 Å². The standard InChI is InChI=1S/C18H14O.Al/c19-18-16(14-8-3-1-4-9-14)12-7-13-17(18)15-10-5-2-6-11-15;/h1-13,19H;/q;+1/p-1. The molecule has 20 heavy (non-hydrogen) atoms. The molecule has 0 amide bonds. The second-order valence-corrected chi connectivity index (χ2v) is 4.77. The number of hydrogen-bond donors (Lipinski definition) is 0. The molecule has 0 heterocycles. The molecule has 3 rings (SSSR count). The summed E-state index contributed by atoms with van der Waals surface area (Å²) in [6.45, 7) is 0. The van der Waals surface area contributed by atoms with Gasteiger partial charge in [0.05, 0.1) is 5.75 Å². The molecule has 0 aliphatic rings. The molecule has 0 unspecified atom stereocenters. The quantitative estimate of drug-likeness (QED) is 0.639. The van der Waals surface area contributed by atoms with Crippen LogP contribution in [-0.2, 0) is 0 Å². The molecule has 0 atom stereocenters. The SMILES string of the molecule is [Al][O]c1c(-c2ccccc2)cccc1-c1ccccc1. The summed E-state index contributed by atoms with van der Waals surface area (Å²) in [5.74, 6) is 0.884. The van der Waals surface area contributed by atoms with E-state index in [1.807, 2.05) is 36.4 Å². The monoisotopic (exact) mass is 272 g/mol. The minimum Gasteiger partial charge on any atom is -0.653 e. The lowest BCUT2D eigenvalue weighted by Crippen LogP contribution is -1.93. The van der Waals surface area contributed by atoms with Gasteiger partial charge in [0, 0.05) is 11.1 Å². The maximum Gasteiger partial charge on any atom is 0.482 e. The first kappa shape index (κ1) is 13.0. The Morgan fingerprint density at radius 1 is 0.550 bits per heavy atom. The van der Waals surface area contributed by atoms with Crippen molar-refractivity contribution in [1.82, 2.24) is 0 Å². The molecule has 0 saturated heterocycles. The van der Waals surface area contributed by atoms with Crippen LogP contribution in [-0.4, -0.2) is 16.6 Å². The van der Waals surface area contributed by atoms with Crippen LogP contribution in [0.1, 0.15) is 0 Å².